The first-order chi connectivity index (χ1) is 7.78. The number of nitriles is 1. The van der Waals surface area contributed by atoms with E-state index in [1.165, 1.54) is 0 Å². The van der Waals surface area contributed by atoms with Crippen LogP contribution in [0.3, 0.4) is 0 Å². The van der Waals surface area contributed by atoms with E-state index in [1.54, 1.807) is 0 Å². The van der Waals surface area contributed by atoms with Crippen LogP contribution in [0.4, 0.5) is 0 Å². The van der Waals surface area contributed by atoms with Crippen molar-refractivity contribution in [3.63, 3.8) is 0 Å². The third-order valence-electron chi connectivity index (χ3n) is 2.89. The van der Waals surface area contributed by atoms with Gasteiger partial charge in [0.15, 0.2) is 0 Å². The SMILES string of the molecule is CC(C)N(CCCC(C)(C)C#N)CCC(=O)O. The van der Waals surface area contributed by atoms with Crippen molar-refractivity contribution in [2.45, 2.75) is 53.0 Å². The lowest BCUT2D eigenvalue weighted by Gasteiger charge is -2.26. The van der Waals surface area contributed by atoms with Crippen molar-refractivity contribution < 1.29 is 9.90 Å². The minimum absolute atomic E-state index is 0.180. The first kappa shape index (κ1) is 15.9. The number of aliphatic carboxylic acids is 1. The Morgan fingerprint density at radius 1 is 1.41 bits per heavy atom. The Morgan fingerprint density at radius 2 is 2.00 bits per heavy atom. The molecule has 0 rings (SSSR count). The van der Waals surface area contributed by atoms with Gasteiger partial charge in [-0.05, 0) is 47.1 Å². The van der Waals surface area contributed by atoms with Gasteiger partial charge >= 0.3 is 5.97 Å². The zero-order valence-electron chi connectivity index (χ0n) is 11.4. The molecule has 0 aliphatic carbocycles. The summed E-state index contributed by atoms with van der Waals surface area (Å²) in [5.41, 5.74) is -0.282. The molecule has 0 heterocycles. The topological polar surface area (TPSA) is 64.3 Å². The van der Waals surface area contributed by atoms with Gasteiger partial charge < -0.3 is 10.0 Å². The van der Waals surface area contributed by atoms with Crippen molar-refractivity contribution in [1.82, 2.24) is 4.90 Å². The molecule has 0 aromatic heterocycles. The van der Waals surface area contributed by atoms with E-state index in [1.807, 2.05) is 13.8 Å². The van der Waals surface area contributed by atoms with Crippen molar-refractivity contribution >= 4 is 5.97 Å². The van der Waals surface area contributed by atoms with E-state index in [0.29, 0.717) is 12.6 Å². The standard InChI is InChI=1S/C13H24N2O2/c1-11(2)15(9-6-12(16)17)8-5-7-13(3,4)10-14/h11H,5-9H2,1-4H3,(H,16,17). The third-order valence-corrected chi connectivity index (χ3v) is 2.89. The summed E-state index contributed by atoms with van der Waals surface area (Å²) < 4.78 is 0. The van der Waals surface area contributed by atoms with E-state index in [0.717, 1.165) is 19.4 Å². The Kier molecular flexibility index (Phi) is 6.82. The van der Waals surface area contributed by atoms with Crippen LogP contribution in [0.1, 0.15) is 47.0 Å². The molecule has 0 atom stereocenters. The maximum Gasteiger partial charge on any atom is 0.304 e. The molecule has 0 fully saturated rings. The molecule has 0 aromatic rings. The summed E-state index contributed by atoms with van der Waals surface area (Å²) in [5.74, 6) is -0.756. The molecule has 98 valence electrons. The number of nitrogens with zero attached hydrogens (tertiary/aromatic N) is 2. The van der Waals surface area contributed by atoms with E-state index in [2.05, 4.69) is 24.8 Å². The van der Waals surface area contributed by atoms with Crippen LogP contribution >= 0.6 is 0 Å². The number of carboxylic acid groups (broad SMARTS) is 1. The lowest BCUT2D eigenvalue weighted by atomic mass is 9.90. The molecule has 0 aliphatic rings. The highest BCUT2D eigenvalue weighted by molar-refractivity contribution is 5.66. The average molecular weight is 240 g/mol. The van der Waals surface area contributed by atoms with Gasteiger partial charge in [-0.1, -0.05) is 0 Å². The van der Waals surface area contributed by atoms with E-state index < -0.39 is 5.97 Å². The molecule has 0 unspecified atom stereocenters. The number of hydrogen-bond acceptors (Lipinski definition) is 3. The summed E-state index contributed by atoms with van der Waals surface area (Å²) in [6.45, 7) is 9.44. The van der Waals surface area contributed by atoms with E-state index >= 15 is 0 Å². The van der Waals surface area contributed by atoms with Gasteiger partial charge in [0.2, 0.25) is 0 Å². The summed E-state index contributed by atoms with van der Waals surface area (Å²) >= 11 is 0. The Hall–Kier alpha value is -1.08. The lowest BCUT2D eigenvalue weighted by Crippen LogP contribution is -2.34. The molecule has 0 saturated heterocycles. The van der Waals surface area contributed by atoms with E-state index in [-0.39, 0.29) is 11.8 Å². The van der Waals surface area contributed by atoms with Crippen LogP contribution in [0.2, 0.25) is 0 Å². The molecular weight excluding hydrogens is 216 g/mol. The van der Waals surface area contributed by atoms with Crippen molar-refractivity contribution in [3.8, 4) is 6.07 Å². The fraction of sp³-hybridized carbons (Fsp3) is 0.846. The highest BCUT2D eigenvalue weighted by atomic mass is 16.4. The van der Waals surface area contributed by atoms with Gasteiger partial charge in [0, 0.05) is 12.6 Å². The summed E-state index contributed by atoms with van der Waals surface area (Å²) in [7, 11) is 0. The predicted molar refractivity (Wildman–Crippen MR) is 67.6 cm³/mol. The van der Waals surface area contributed by atoms with Gasteiger partial charge in [0.05, 0.1) is 17.9 Å². The van der Waals surface area contributed by atoms with Gasteiger partial charge in [-0.3, -0.25) is 4.79 Å². The molecule has 0 aliphatic heterocycles. The molecule has 0 aromatic carbocycles. The summed E-state index contributed by atoms with van der Waals surface area (Å²) in [6, 6.07) is 2.63. The average Bonchev–Trinajstić information content (AvgIpc) is 2.22. The molecule has 0 radical (unpaired) electrons. The molecule has 4 nitrogen and oxygen atoms in total. The third kappa shape index (κ3) is 7.76. The lowest BCUT2D eigenvalue weighted by molar-refractivity contribution is -0.137. The second-order valence-corrected chi connectivity index (χ2v) is 5.37. The van der Waals surface area contributed by atoms with Crippen LogP contribution in [-0.2, 0) is 4.79 Å². The van der Waals surface area contributed by atoms with Gasteiger partial charge in [-0.15, -0.1) is 0 Å². The van der Waals surface area contributed by atoms with Crippen molar-refractivity contribution in [3.05, 3.63) is 0 Å². The molecule has 0 spiro atoms. The molecule has 0 saturated carbocycles. The van der Waals surface area contributed by atoms with E-state index in [4.69, 9.17) is 10.4 Å². The molecule has 4 heteroatoms. The molecule has 1 N–H and O–H groups in total. The van der Waals surface area contributed by atoms with Crippen LogP contribution in [-0.4, -0.2) is 35.1 Å². The Labute approximate surface area is 104 Å². The maximum absolute atomic E-state index is 10.5. The van der Waals surface area contributed by atoms with Crippen LogP contribution in [0, 0.1) is 16.7 Å². The Balaban J connectivity index is 4.03. The summed E-state index contributed by atoms with van der Waals surface area (Å²) in [6.07, 6.45) is 1.96. The Morgan fingerprint density at radius 3 is 2.41 bits per heavy atom. The van der Waals surface area contributed by atoms with E-state index in [9.17, 15) is 4.79 Å². The molecule has 17 heavy (non-hydrogen) atoms. The Bertz CT molecular complexity index is 280. The first-order valence-electron chi connectivity index (χ1n) is 6.15. The zero-order chi connectivity index (χ0) is 13.5. The van der Waals surface area contributed by atoms with Gasteiger partial charge in [-0.2, -0.15) is 5.26 Å². The highest BCUT2D eigenvalue weighted by Gasteiger charge is 2.17. The zero-order valence-corrected chi connectivity index (χ0v) is 11.4. The first-order valence-corrected chi connectivity index (χ1v) is 6.15. The van der Waals surface area contributed by atoms with Crippen LogP contribution < -0.4 is 0 Å². The fourth-order valence-corrected chi connectivity index (χ4v) is 1.65. The van der Waals surface area contributed by atoms with Crippen LogP contribution in [0.15, 0.2) is 0 Å². The number of carbonyl (C=O) groups is 1. The monoisotopic (exact) mass is 240 g/mol. The predicted octanol–water partition coefficient (Wildman–Crippen LogP) is 2.50. The van der Waals surface area contributed by atoms with Crippen molar-refractivity contribution in [2.24, 2.45) is 5.41 Å². The van der Waals surface area contributed by atoms with Gasteiger partial charge in [0.25, 0.3) is 0 Å². The maximum atomic E-state index is 10.5. The number of hydrogen-bond donors (Lipinski definition) is 1. The highest BCUT2D eigenvalue weighted by Crippen LogP contribution is 2.21. The smallest absolute Gasteiger partial charge is 0.304 e. The van der Waals surface area contributed by atoms with Gasteiger partial charge in [-0.25, -0.2) is 0 Å². The second-order valence-electron chi connectivity index (χ2n) is 5.37. The quantitative estimate of drug-likeness (QED) is 0.708. The normalized spacial score (nSPS) is 11.8. The largest absolute Gasteiger partial charge is 0.481 e. The summed E-state index contributed by atoms with van der Waals surface area (Å²) in [5, 5.41) is 17.6. The molecular formula is C13H24N2O2. The van der Waals surface area contributed by atoms with Gasteiger partial charge in [0.1, 0.15) is 0 Å². The number of carboxylic acids is 1. The molecule has 0 bridgehead atoms. The minimum Gasteiger partial charge on any atom is -0.481 e. The number of rotatable bonds is 8. The van der Waals surface area contributed by atoms with Crippen LogP contribution in [0.25, 0.3) is 0 Å². The summed E-state index contributed by atoms with van der Waals surface area (Å²) in [4.78, 5) is 12.7. The molecule has 0 amide bonds. The second kappa shape index (κ2) is 7.29. The fourth-order valence-electron chi connectivity index (χ4n) is 1.65. The minimum atomic E-state index is -0.756. The van der Waals surface area contributed by atoms with Crippen molar-refractivity contribution in [2.75, 3.05) is 13.1 Å². The van der Waals surface area contributed by atoms with Crippen molar-refractivity contribution in [1.29, 1.82) is 5.26 Å². The van der Waals surface area contributed by atoms with Crippen LogP contribution in [0.5, 0.6) is 0 Å².